The molecule has 0 radical (unpaired) electrons. The molecular weight excluding hydrogens is 370 g/mol. The maximum atomic E-state index is 11.8. The highest BCUT2D eigenvalue weighted by molar-refractivity contribution is 5.91. The number of morpholine rings is 1. The molecule has 1 rings (SSSR count). The van der Waals surface area contributed by atoms with Gasteiger partial charge in [-0.15, -0.1) is 0 Å². The lowest BCUT2D eigenvalue weighted by molar-refractivity contribution is -0.144. The van der Waals surface area contributed by atoms with Crippen LogP contribution in [0.1, 0.15) is 0 Å². The van der Waals surface area contributed by atoms with Gasteiger partial charge in [-0.1, -0.05) is 6.58 Å². The van der Waals surface area contributed by atoms with E-state index in [9.17, 15) is 14.4 Å². The molecule has 9 heteroatoms. The normalized spacial score (nSPS) is 15.9. The molecule has 1 aliphatic heterocycles. The quantitative estimate of drug-likeness (QED) is 0.162. The lowest BCUT2D eigenvalue weighted by Gasteiger charge is -2.30. The summed E-state index contributed by atoms with van der Waals surface area (Å²) in [6.07, 6.45) is 4.58. The maximum absolute atomic E-state index is 11.8. The molecule has 28 heavy (non-hydrogen) atoms. The van der Waals surface area contributed by atoms with Gasteiger partial charge in [0.2, 0.25) is 0 Å². The Labute approximate surface area is 164 Å². The fourth-order valence-corrected chi connectivity index (χ4v) is 2.23. The van der Waals surface area contributed by atoms with Gasteiger partial charge in [0.15, 0.2) is 0 Å². The van der Waals surface area contributed by atoms with Gasteiger partial charge >= 0.3 is 17.9 Å². The van der Waals surface area contributed by atoms with E-state index in [1.807, 2.05) is 0 Å². The van der Waals surface area contributed by atoms with E-state index >= 15 is 0 Å². The number of hydrogen-bond donors (Lipinski definition) is 0. The minimum absolute atomic E-state index is 0.0312. The first-order valence-electron chi connectivity index (χ1n) is 8.75. The highest BCUT2D eigenvalue weighted by Crippen LogP contribution is 2.07. The number of rotatable bonds is 11. The summed E-state index contributed by atoms with van der Waals surface area (Å²) in [6.45, 7) is 6.96. The van der Waals surface area contributed by atoms with E-state index in [4.69, 9.17) is 18.9 Å². The van der Waals surface area contributed by atoms with E-state index < -0.39 is 17.9 Å². The molecule has 9 nitrogen and oxygen atoms in total. The Hall–Kier alpha value is -2.65. The average molecular weight is 397 g/mol. The predicted molar refractivity (Wildman–Crippen MR) is 99.1 cm³/mol. The second kappa shape index (κ2) is 13.5. The molecule has 1 aliphatic rings. The van der Waals surface area contributed by atoms with Crippen LogP contribution in [-0.4, -0.2) is 83.1 Å². The molecule has 1 heterocycles. The minimum Gasteiger partial charge on any atom is -0.497 e. The van der Waals surface area contributed by atoms with E-state index in [-0.39, 0.29) is 19.1 Å². The van der Waals surface area contributed by atoms with Gasteiger partial charge in [0.25, 0.3) is 0 Å². The molecule has 1 atom stereocenters. The third kappa shape index (κ3) is 10.5. The van der Waals surface area contributed by atoms with Crippen LogP contribution in [0, 0.1) is 5.92 Å². The van der Waals surface area contributed by atoms with Crippen LogP contribution in [-0.2, 0) is 38.1 Å². The summed E-state index contributed by atoms with van der Waals surface area (Å²) in [6, 6.07) is 0. The van der Waals surface area contributed by atoms with E-state index in [2.05, 4.69) is 16.2 Å². The number of hydrogen-bond acceptors (Lipinski definition) is 9. The molecule has 0 aromatic rings. The number of nitrogens with zero attached hydrogens (tertiary/aromatic N) is 1. The molecule has 1 fully saturated rings. The molecule has 0 bridgehead atoms. The van der Waals surface area contributed by atoms with Gasteiger partial charge in [-0.25, -0.2) is 14.4 Å². The van der Waals surface area contributed by atoms with E-state index in [0.717, 1.165) is 25.2 Å². The van der Waals surface area contributed by atoms with Crippen LogP contribution in [0.2, 0.25) is 0 Å². The predicted octanol–water partition coefficient (Wildman–Crippen LogP) is 0.467. The van der Waals surface area contributed by atoms with E-state index in [1.54, 1.807) is 0 Å². The van der Waals surface area contributed by atoms with Crippen molar-refractivity contribution in [3.05, 3.63) is 36.6 Å². The maximum Gasteiger partial charge on any atom is 0.331 e. The van der Waals surface area contributed by atoms with Crippen molar-refractivity contribution in [2.75, 3.05) is 60.3 Å². The van der Waals surface area contributed by atoms with Crippen LogP contribution in [0.3, 0.4) is 0 Å². The Morgan fingerprint density at radius 3 is 2.00 bits per heavy atom. The summed E-state index contributed by atoms with van der Waals surface area (Å²) in [7, 11) is 2.65. The summed E-state index contributed by atoms with van der Waals surface area (Å²) >= 11 is 0. The van der Waals surface area contributed by atoms with Crippen LogP contribution < -0.4 is 0 Å². The lowest BCUT2D eigenvalue weighted by Crippen LogP contribution is -2.41. The smallest absolute Gasteiger partial charge is 0.331 e. The standard InChI is InChI=1S/C19H27NO8/c1-15(24-2)4-5-18(22)27-13-16(12-20-8-10-26-11-9-20)14-28-19(23)7-6-17(21)25-3/h4-7,16H,1,8-14H2,2-3H3/b5-4+,7-6+. The summed E-state index contributed by atoms with van der Waals surface area (Å²) < 4.78 is 24.9. The third-order valence-electron chi connectivity index (χ3n) is 3.77. The van der Waals surface area contributed by atoms with Crippen molar-refractivity contribution in [1.29, 1.82) is 0 Å². The lowest BCUT2D eigenvalue weighted by atomic mass is 10.1. The zero-order valence-corrected chi connectivity index (χ0v) is 16.3. The third-order valence-corrected chi connectivity index (χ3v) is 3.77. The van der Waals surface area contributed by atoms with Crippen molar-refractivity contribution in [3.63, 3.8) is 0 Å². The highest BCUT2D eigenvalue weighted by atomic mass is 16.5. The van der Waals surface area contributed by atoms with Crippen LogP contribution in [0.25, 0.3) is 0 Å². The second-order valence-corrected chi connectivity index (χ2v) is 5.90. The molecule has 156 valence electrons. The molecule has 0 amide bonds. The number of methoxy groups -OCH3 is 2. The Morgan fingerprint density at radius 1 is 0.929 bits per heavy atom. The Balaban J connectivity index is 2.55. The Bertz CT molecular complexity index is 551. The summed E-state index contributed by atoms with van der Waals surface area (Å²) in [5.41, 5.74) is 0. The van der Waals surface area contributed by atoms with Crippen molar-refractivity contribution in [2.24, 2.45) is 5.92 Å². The molecule has 0 saturated carbocycles. The van der Waals surface area contributed by atoms with Crippen LogP contribution in [0.4, 0.5) is 0 Å². The first-order chi connectivity index (χ1) is 13.4. The number of esters is 3. The molecule has 0 aliphatic carbocycles. The highest BCUT2D eigenvalue weighted by Gasteiger charge is 2.19. The summed E-state index contributed by atoms with van der Waals surface area (Å²) in [4.78, 5) is 36.7. The number of carbonyl (C=O) groups is 3. The molecule has 0 aromatic carbocycles. The van der Waals surface area contributed by atoms with Gasteiger partial charge in [-0.05, 0) is 6.08 Å². The zero-order valence-electron chi connectivity index (χ0n) is 16.3. The summed E-state index contributed by atoms with van der Waals surface area (Å²) in [5, 5.41) is 0. The monoisotopic (exact) mass is 397 g/mol. The topological polar surface area (TPSA) is 101 Å². The molecule has 0 spiro atoms. The molecule has 0 aromatic heterocycles. The molecule has 0 N–H and O–H groups in total. The van der Waals surface area contributed by atoms with Gasteiger partial charge in [0.1, 0.15) is 5.76 Å². The number of allylic oxidation sites excluding steroid dienone is 1. The van der Waals surface area contributed by atoms with Crippen molar-refractivity contribution < 1.29 is 38.1 Å². The number of ether oxygens (including phenoxy) is 5. The van der Waals surface area contributed by atoms with Crippen molar-refractivity contribution in [1.82, 2.24) is 4.90 Å². The SMILES string of the molecule is C=C(/C=C/C(=O)OCC(COC(=O)/C=C/C(=O)OC)CN1CCOCC1)OC. The molecule has 1 unspecified atom stereocenters. The van der Waals surface area contributed by atoms with Crippen LogP contribution >= 0.6 is 0 Å². The fourth-order valence-electron chi connectivity index (χ4n) is 2.23. The molecule has 1 saturated heterocycles. The van der Waals surface area contributed by atoms with Crippen molar-refractivity contribution in [2.45, 2.75) is 0 Å². The molecular formula is C19H27NO8. The van der Waals surface area contributed by atoms with Gasteiger partial charge in [0, 0.05) is 43.8 Å². The first kappa shape index (κ1) is 23.4. The van der Waals surface area contributed by atoms with Gasteiger partial charge in [0.05, 0.1) is 40.6 Å². The van der Waals surface area contributed by atoms with E-state index in [1.165, 1.54) is 26.4 Å². The zero-order chi connectivity index (χ0) is 20.8. The van der Waals surface area contributed by atoms with Crippen molar-refractivity contribution >= 4 is 17.9 Å². The van der Waals surface area contributed by atoms with Gasteiger partial charge in [-0.2, -0.15) is 0 Å². The minimum atomic E-state index is -0.681. The number of carbonyl (C=O) groups excluding carboxylic acids is 3. The van der Waals surface area contributed by atoms with Crippen molar-refractivity contribution in [3.8, 4) is 0 Å². The Morgan fingerprint density at radius 2 is 1.46 bits per heavy atom. The summed E-state index contributed by atoms with van der Waals surface area (Å²) in [5.74, 6) is -1.80. The van der Waals surface area contributed by atoms with Crippen LogP contribution in [0.15, 0.2) is 36.6 Å². The largest absolute Gasteiger partial charge is 0.497 e. The fraction of sp³-hybridized carbons (Fsp3) is 0.526. The van der Waals surface area contributed by atoms with Gasteiger partial charge in [-0.3, -0.25) is 4.90 Å². The van der Waals surface area contributed by atoms with Gasteiger partial charge < -0.3 is 23.7 Å². The van der Waals surface area contributed by atoms with Crippen LogP contribution in [0.5, 0.6) is 0 Å². The van der Waals surface area contributed by atoms with E-state index in [0.29, 0.717) is 25.5 Å². The average Bonchev–Trinajstić information content (AvgIpc) is 2.72. The first-order valence-corrected chi connectivity index (χ1v) is 8.75. The second-order valence-electron chi connectivity index (χ2n) is 5.90. The Kier molecular flexibility index (Phi) is 11.3.